The van der Waals surface area contributed by atoms with Gasteiger partial charge in [0.25, 0.3) is 3.79 Å². The summed E-state index contributed by atoms with van der Waals surface area (Å²) >= 11 is 17.8. The maximum atomic E-state index is 13.1. The normalized spacial score (nSPS) is 21.4. The van der Waals surface area contributed by atoms with Gasteiger partial charge in [0.2, 0.25) is 12.2 Å². The lowest BCUT2D eigenvalue weighted by molar-refractivity contribution is -0.266. The van der Waals surface area contributed by atoms with Gasteiger partial charge in [0.1, 0.15) is 24.9 Å². The van der Waals surface area contributed by atoms with Gasteiger partial charge in [0, 0.05) is 6.92 Å². The van der Waals surface area contributed by atoms with Crippen LogP contribution in [0.2, 0.25) is 0 Å². The number of ether oxygens (including phenoxy) is 6. The van der Waals surface area contributed by atoms with Gasteiger partial charge in [-0.2, -0.15) is 0 Å². The highest BCUT2D eigenvalue weighted by molar-refractivity contribution is 6.76. The van der Waals surface area contributed by atoms with Crippen LogP contribution in [0, 0.1) is 5.41 Å². The second-order valence-corrected chi connectivity index (χ2v) is 12.3. The summed E-state index contributed by atoms with van der Waals surface area (Å²) in [6.07, 6.45) is -5.47. The predicted molar refractivity (Wildman–Crippen MR) is 168 cm³/mol. The molecule has 0 aromatic heterocycles. The number of benzene rings is 3. The summed E-state index contributed by atoms with van der Waals surface area (Å²) in [4.78, 5) is 25.5. The molecule has 0 spiro atoms. The van der Waals surface area contributed by atoms with Crippen LogP contribution in [0.15, 0.2) is 91.0 Å². The second-order valence-electron chi connectivity index (χ2n) is 10.1. The number of alkyl carbamates (subject to hydrolysis) is 1. The number of nitrogens with one attached hydrogen (secondary N) is 2. The highest BCUT2D eigenvalue weighted by Crippen LogP contribution is 2.33. The van der Waals surface area contributed by atoms with E-state index in [9.17, 15) is 9.59 Å². The maximum absolute atomic E-state index is 13.1. The molecule has 0 radical (unpaired) electrons. The molecule has 4 rings (SSSR count). The first kappa shape index (κ1) is 34.5. The molecule has 0 bridgehead atoms. The average molecular weight is 680 g/mol. The van der Waals surface area contributed by atoms with Crippen LogP contribution in [-0.4, -0.2) is 59.0 Å². The van der Waals surface area contributed by atoms with Gasteiger partial charge in [0.05, 0.1) is 19.8 Å². The van der Waals surface area contributed by atoms with Crippen LogP contribution in [0.25, 0.3) is 0 Å². The number of esters is 1. The van der Waals surface area contributed by atoms with Crippen LogP contribution >= 0.6 is 34.8 Å². The van der Waals surface area contributed by atoms with E-state index in [1.165, 1.54) is 6.92 Å². The fourth-order valence-electron chi connectivity index (χ4n) is 4.54. The molecule has 0 saturated carbocycles. The van der Waals surface area contributed by atoms with Crippen LogP contribution in [0.3, 0.4) is 0 Å². The number of rotatable bonds is 12. The van der Waals surface area contributed by atoms with E-state index in [-0.39, 0.29) is 26.4 Å². The van der Waals surface area contributed by atoms with Crippen LogP contribution in [0.4, 0.5) is 4.79 Å². The smallest absolute Gasteiger partial charge is 0.408 e. The third-order valence-corrected chi connectivity index (χ3v) is 7.13. The molecule has 0 unspecified atom stereocenters. The molecule has 1 aliphatic rings. The first-order valence-corrected chi connectivity index (χ1v) is 15.1. The molecular formula is C32H33Cl3N2O8. The van der Waals surface area contributed by atoms with E-state index in [0.29, 0.717) is 0 Å². The van der Waals surface area contributed by atoms with E-state index in [2.05, 4.69) is 5.32 Å². The first-order chi connectivity index (χ1) is 21.6. The SMILES string of the molecule is CC(=O)O[C@H]1[C@H](OCc2ccccc2)[C@@H](NC(=O)OCc2ccccc2)[C@@H](OC(=N)C(Cl)(Cl)Cl)O[C@@H]1COCc1ccccc1. The molecule has 0 aliphatic carbocycles. The Morgan fingerprint density at radius 2 is 1.33 bits per heavy atom. The molecule has 10 nitrogen and oxygen atoms in total. The standard InChI is InChI=1S/C32H33Cl3N2O8/c1-21(38)43-27-25(20-40-17-22-11-5-2-6-12-22)44-29(45-30(36)32(33,34)35)26(28(27)41-18-23-13-7-3-8-14-23)37-31(39)42-19-24-15-9-4-10-16-24/h2-16,25-29,36H,17-20H2,1H3,(H,37,39)/t25-,26-,27-,28-,29-/m1/s1. The van der Waals surface area contributed by atoms with Crippen molar-refractivity contribution in [3.63, 3.8) is 0 Å². The molecule has 1 saturated heterocycles. The van der Waals surface area contributed by atoms with Crippen LogP contribution in [0.1, 0.15) is 23.6 Å². The lowest BCUT2D eigenvalue weighted by Gasteiger charge is -2.45. The number of amides is 1. The predicted octanol–water partition coefficient (Wildman–Crippen LogP) is 6.10. The van der Waals surface area contributed by atoms with E-state index in [1.807, 2.05) is 78.9 Å². The lowest BCUT2D eigenvalue weighted by Crippen LogP contribution is -2.66. The van der Waals surface area contributed by atoms with Crippen molar-refractivity contribution in [1.29, 1.82) is 5.41 Å². The van der Waals surface area contributed by atoms with E-state index in [4.69, 9.17) is 68.6 Å². The van der Waals surface area contributed by atoms with Crippen molar-refractivity contribution in [2.24, 2.45) is 0 Å². The Kier molecular flexibility index (Phi) is 12.9. The zero-order chi connectivity index (χ0) is 32.2. The summed E-state index contributed by atoms with van der Waals surface area (Å²) in [5.41, 5.74) is 2.46. The zero-order valence-corrected chi connectivity index (χ0v) is 26.5. The molecule has 3 aromatic rings. The maximum Gasteiger partial charge on any atom is 0.408 e. The molecule has 13 heteroatoms. The van der Waals surface area contributed by atoms with Crippen molar-refractivity contribution < 1.29 is 38.0 Å². The number of hydrogen-bond acceptors (Lipinski definition) is 9. The van der Waals surface area contributed by atoms with Crippen LogP contribution in [0.5, 0.6) is 0 Å². The zero-order valence-electron chi connectivity index (χ0n) is 24.3. The highest BCUT2D eigenvalue weighted by Gasteiger charge is 2.52. The molecule has 240 valence electrons. The summed E-state index contributed by atoms with van der Waals surface area (Å²) in [6.45, 7) is 1.42. The van der Waals surface area contributed by atoms with Crippen LogP contribution < -0.4 is 5.32 Å². The molecule has 1 aliphatic heterocycles. The van der Waals surface area contributed by atoms with Gasteiger partial charge in [-0.3, -0.25) is 10.2 Å². The van der Waals surface area contributed by atoms with Crippen LogP contribution in [-0.2, 0) is 53.0 Å². The summed E-state index contributed by atoms with van der Waals surface area (Å²) < 4.78 is 33.0. The highest BCUT2D eigenvalue weighted by atomic mass is 35.6. The van der Waals surface area contributed by atoms with Gasteiger partial charge in [-0.05, 0) is 16.7 Å². The number of halogens is 3. The van der Waals surface area contributed by atoms with E-state index in [1.54, 1.807) is 12.1 Å². The van der Waals surface area contributed by atoms with Crippen molar-refractivity contribution in [3.05, 3.63) is 108 Å². The molecule has 1 fully saturated rings. The van der Waals surface area contributed by atoms with E-state index >= 15 is 0 Å². The van der Waals surface area contributed by atoms with Crippen molar-refractivity contribution in [2.45, 2.75) is 61.2 Å². The molecule has 45 heavy (non-hydrogen) atoms. The fourth-order valence-corrected chi connectivity index (χ4v) is 4.67. The molecular weight excluding hydrogens is 647 g/mol. The Hall–Kier alpha value is -3.38. The van der Waals surface area contributed by atoms with E-state index < -0.39 is 52.4 Å². The number of carbonyl (C=O) groups excluding carboxylic acids is 2. The Balaban J connectivity index is 1.62. The van der Waals surface area contributed by atoms with Gasteiger partial charge >= 0.3 is 12.1 Å². The third-order valence-electron chi connectivity index (χ3n) is 6.62. The third kappa shape index (κ3) is 10.9. The molecule has 3 aromatic carbocycles. The molecule has 5 atom stereocenters. The number of carbonyl (C=O) groups is 2. The molecule has 2 N–H and O–H groups in total. The minimum Gasteiger partial charge on any atom is -0.457 e. The Bertz CT molecular complexity index is 1380. The number of alkyl halides is 3. The molecule has 1 heterocycles. The van der Waals surface area contributed by atoms with Crippen molar-refractivity contribution in [2.75, 3.05) is 6.61 Å². The first-order valence-electron chi connectivity index (χ1n) is 14.0. The van der Waals surface area contributed by atoms with Gasteiger partial charge in [-0.1, -0.05) is 126 Å². The van der Waals surface area contributed by atoms with E-state index in [0.717, 1.165) is 16.7 Å². The Labute approximate surface area is 276 Å². The summed E-state index contributed by atoms with van der Waals surface area (Å²) in [6, 6.07) is 26.5. The Morgan fingerprint density at radius 3 is 1.87 bits per heavy atom. The minimum absolute atomic E-state index is 0.0331. The molecule has 1 amide bonds. The largest absolute Gasteiger partial charge is 0.457 e. The van der Waals surface area contributed by atoms with Gasteiger partial charge in [0.15, 0.2) is 6.10 Å². The summed E-state index contributed by atoms with van der Waals surface area (Å²) in [5.74, 6) is -1.39. The number of hydrogen-bond donors (Lipinski definition) is 2. The topological polar surface area (TPSA) is 125 Å². The quantitative estimate of drug-likeness (QED) is 0.102. The van der Waals surface area contributed by atoms with Crippen molar-refractivity contribution in [1.82, 2.24) is 5.32 Å². The Morgan fingerprint density at radius 1 is 0.800 bits per heavy atom. The second kappa shape index (κ2) is 16.8. The summed E-state index contributed by atoms with van der Waals surface area (Å²) in [7, 11) is 0. The van der Waals surface area contributed by atoms with Crippen molar-refractivity contribution in [3.8, 4) is 0 Å². The summed E-state index contributed by atoms with van der Waals surface area (Å²) in [5, 5.41) is 10.9. The monoisotopic (exact) mass is 678 g/mol. The minimum atomic E-state index is -2.24. The fraction of sp³-hybridized carbons (Fsp3) is 0.344. The van der Waals surface area contributed by atoms with Gasteiger partial charge < -0.3 is 33.7 Å². The van der Waals surface area contributed by atoms with Crippen molar-refractivity contribution >= 4 is 52.8 Å². The lowest BCUT2D eigenvalue weighted by atomic mass is 9.96. The van der Waals surface area contributed by atoms with Gasteiger partial charge in [-0.15, -0.1) is 0 Å². The van der Waals surface area contributed by atoms with Gasteiger partial charge in [-0.25, -0.2) is 4.79 Å². The average Bonchev–Trinajstić information content (AvgIpc) is 3.02.